The molecule has 0 unspecified atom stereocenters. The van der Waals surface area contributed by atoms with Gasteiger partial charge >= 0.3 is 34.1 Å². The second kappa shape index (κ2) is 24.4. The van der Waals surface area contributed by atoms with Crippen molar-refractivity contribution < 1.29 is 32.9 Å². The molecule has 1 radical (unpaired) electrons. The van der Waals surface area contributed by atoms with E-state index in [1.54, 1.807) is 0 Å². The molecule has 0 nitrogen and oxygen atoms in total. The van der Waals surface area contributed by atoms with Gasteiger partial charge in [-0.05, 0) is 0 Å². The van der Waals surface area contributed by atoms with Crippen molar-refractivity contribution in [2.24, 2.45) is 0 Å². The molecule has 4 rings (SSSR count). The van der Waals surface area contributed by atoms with Crippen molar-refractivity contribution >= 4 is 19.7 Å². The molecule has 4 aromatic carbocycles. The summed E-state index contributed by atoms with van der Waals surface area (Å²) >= 11 is -0.368. The maximum atomic E-state index is 4.86. The van der Waals surface area contributed by atoms with E-state index in [4.69, 9.17) is 19.7 Å². The summed E-state index contributed by atoms with van der Waals surface area (Å²) < 4.78 is 0. The maximum absolute atomic E-state index is 4.86. The average Bonchev–Trinajstić information content (AvgIpc) is 3.47. The first kappa shape index (κ1) is 25.4. The predicted molar refractivity (Wildman–Crippen MR) is 99.8 cm³/mol. The van der Waals surface area contributed by atoms with E-state index in [9.17, 15) is 0 Å². The van der Waals surface area contributed by atoms with Gasteiger partial charge in [0.05, 0.1) is 0 Å². The van der Waals surface area contributed by atoms with Crippen LogP contribution >= 0.6 is 19.7 Å². The Kier molecular flexibility index (Phi) is 25.8. The molecule has 0 aliphatic carbocycles. The fraction of sp³-hybridized carbons (Fsp3) is 0. The number of rotatable bonds is 0. The van der Waals surface area contributed by atoms with Gasteiger partial charge in [-0.3, -0.25) is 0 Å². The first-order chi connectivity index (χ1) is 11.4. The van der Waals surface area contributed by atoms with Crippen molar-refractivity contribution in [1.82, 2.24) is 0 Å². The Balaban J connectivity index is 0. The quantitative estimate of drug-likeness (QED) is 0.262. The SMILES string of the molecule is [Cl][V][Cl].[V].c1cc[cH-]c1.c1cc[cH-]c1.c1cc[cH-]c1.c1cc[cH-]c1. The van der Waals surface area contributed by atoms with Crippen LogP contribution < -0.4 is 0 Å². The van der Waals surface area contributed by atoms with E-state index in [0.717, 1.165) is 0 Å². The van der Waals surface area contributed by atoms with E-state index in [2.05, 4.69) is 0 Å². The van der Waals surface area contributed by atoms with Crippen molar-refractivity contribution in [2.75, 3.05) is 0 Å². The minimum Gasteiger partial charge on any atom is -0.214 e. The Morgan fingerprint density at radius 1 is 0.417 bits per heavy atom. The average molecular weight is 433 g/mol. The van der Waals surface area contributed by atoms with E-state index in [-0.39, 0.29) is 32.9 Å². The summed E-state index contributed by atoms with van der Waals surface area (Å²) in [5.41, 5.74) is 0. The van der Waals surface area contributed by atoms with Crippen LogP contribution in [0.15, 0.2) is 121 Å². The molecule has 0 bridgehead atoms. The van der Waals surface area contributed by atoms with Crippen LogP contribution in [0.5, 0.6) is 0 Å². The van der Waals surface area contributed by atoms with Crippen LogP contribution in [0.4, 0.5) is 0 Å². The normalized spacial score (nSPS) is 7.25. The van der Waals surface area contributed by atoms with Crippen LogP contribution in [0, 0.1) is 0 Å². The Labute approximate surface area is 173 Å². The monoisotopic (exact) mass is 432 g/mol. The molecule has 128 valence electrons. The molecular weight excluding hydrogens is 413 g/mol. The van der Waals surface area contributed by atoms with Crippen molar-refractivity contribution in [3.63, 3.8) is 0 Å². The molecule has 0 aliphatic heterocycles. The molecule has 24 heavy (non-hydrogen) atoms. The van der Waals surface area contributed by atoms with Crippen LogP contribution in [-0.2, 0) is 32.9 Å². The van der Waals surface area contributed by atoms with Crippen molar-refractivity contribution in [3.8, 4) is 0 Å². The third-order valence-corrected chi connectivity index (χ3v) is 2.22. The molecule has 0 saturated heterocycles. The summed E-state index contributed by atoms with van der Waals surface area (Å²) in [6.45, 7) is 0. The van der Waals surface area contributed by atoms with Gasteiger partial charge in [-0.15, -0.1) is 0 Å². The number of hydrogen-bond acceptors (Lipinski definition) is 0. The van der Waals surface area contributed by atoms with Gasteiger partial charge in [0, 0.05) is 18.6 Å². The third-order valence-electron chi connectivity index (χ3n) is 2.22. The third kappa shape index (κ3) is 23.4. The Bertz CT molecular complexity index is 365. The molecule has 0 atom stereocenters. The van der Waals surface area contributed by atoms with E-state index in [0.29, 0.717) is 0 Å². The zero-order chi connectivity index (χ0) is 16.8. The summed E-state index contributed by atoms with van der Waals surface area (Å²) in [5.74, 6) is 0. The molecule has 0 aliphatic rings. The summed E-state index contributed by atoms with van der Waals surface area (Å²) in [6.07, 6.45) is 0. The van der Waals surface area contributed by atoms with Gasteiger partial charge in [0.2, 0.25) is 0 Å². The maximum Gasteiger partial charge on any atom is 0 e. The molecule has 0 heterocycles. The predicted octanol–water partition coefficient (Wildman–Crippen LogP) is 7.00. The van der Waals surface area contributed by atoms with E-state index in [1.165, 1.54) is 0 Å². The summed E-state index contributed by atoms with van der Waals surface area (Å²) in [6, 6.07) is 40.0. The second-order valence-corrected chi connectivity index (χ2v) is 6.22. The van der Waals surface area contributed by atoms with E-state index < -0.39 is 0 Å². The Hall–Kier alpha value is -0.851. The van der Waals surface area contributed by atoms with E-state index in [1.807, 2.05) is 121 Å². The molecule has 0 amide bonds. The van der Waals surface area contributed by atoms with Gasteiger partial charge in [0.25, 0.3) is 0 Å². The van der Waals surface area contributed by atoms with Gasteiger partial charge in [-0.25, -0.2) is 48.5 Å². The van der Waals surface area contributed by atoms with Gasteiger partial charge in [-0.1, -0.05) is 0 Å². The van der Waals surface area contributed by atoms with Crippen molar-refractivity contribution in [2.45, 2.75) is 0 Å². The zero-order valence-corrected chi connectivity index (χ0v) is 17.5. The summed E-state index contributed by atoms with van der Waals surface area (Å²) in [7, 11) is 9.72. The summed E-state index contributed by atoms with van der Waals surface area (Å²) in [4.78, 5) is 0. The van der Waals surface area contributed by atoms with Crippen molar-refractivity contribution in [3.05, 3.63) is 121 Å². The number of halogens is 2. The fourth-order valence-corrected chi connectivity index (χ4v) is 1.28. The van der Waals surface area contributed by atoms with Crippen LogP contribution in [0.25, 0.3) is 0 Å². The van der Waals surface area contributed by atoms with Gasteiger partial charge in [-0.2, -0.15) is 72.8 Å². The van der Waals surface area contributed by atoms with Crippen molar-refractivity contribution in [1.29, 1.82) is 0 Å². The van der Waals surface area contributed by atoms with Crippen LogP contribution in [0.3, 0.4) is 0 Å². The molecule has 0 saturated carbocycles. The largest absolute Gasteiger partial charge is 0.214 e. The van der Waals surface area contributed by atoms with Crippen LogP contribution in [-0.4, -0.2) is 0 Å². The molecular formula is C20H20Cl2V2-4. The molecule has 4 heteroatoms. The first-order valence-electron chi connectivity index (χ1n) is 7.00. The second-order valence-electron chi connectivity index (χ2n) is 3.91. The van der Waals surface area contributed by atoms with E-state index >= 15 is 0 Å². The first-order valence-corrected chi connectivity index (χ1v) is 10.8. The molecule has 0 spiro atoms. The van der Waals surface area contributed by atoms with Crippen LogP contribution in [0.1, 0.15) is 0 Å². The molecule has 0 fully saturated rings. The summed E-state index contributed by atoms with van der Waals surface area (Å²) in [5, 5.41) is 0. The minimum atomic E-state index is -0.368. The Morgan fingerprint density at radius 3 is 0.583 bits per heavy atom. The fourth-order valence-electron chi connectivity index (χ4n) is 1.28. The minimum absolute atomic E-state index is 0. The smallest absolute Gasteiger partial charge is 0 e. The van der Waals surface area contributed by atoms with Gasteiger partial charge in [0.15, 0.2) is 0 Å². The zero-order valence-electron chi connectivity index (χ0n) is 13.2. The van der Waals surface area contributed by atoms with Gasteiger partial charge < -0.3 is 0 Å². The molecule has 0 N–H and O–H groups in total. The standard InChI is InChI=1S/4C5H5.2ClH.2V/c4*1-2-4-5-3-1;;;;/h4*1-5H;2*1H;;/q4*-1;;;;+2/p-2. The Morgan fingerprint density at radius 2 is 0.542 bits per heavy atom. The molecule has 0 aromatic heterocycles. The topological polar surface area (TPSA) is 0 Å². The number of hydrogen-bond donors (Lipinski definition) is 0. The van der Waals surface area contributed by atoms with Crippen LogP contribution in [0.2, 0.25) is 0 Å². The molecule has 4 aromatic rings. The van der Waals surface area contributed by atoms with Gasteiger partial charge in [0.1, 0.15) is 0 Å².